The van der Waals surface area contributed by atoms with Crippen LogP contribution in [-0.2, 0) is 19.3 Å². The van der Waals surface area contributed by atoms with Crippen LogP contribution in [0.15, 0.2) is 29.1 Å². The summed E-state index contributed by atoms with van der Waals surface area (Å²) in [6, 6.07) is 7.39. The molecule has 2 aliphatic heterocycles. The van der Waals surface area contributed by atoms with Gasteiger partial charge in [0.2, 0.25) is 0 Å². The standard InChI is InChI=1S/C21H26N4O3/c1-3-19-22-17-12-14-10-9-13(11-15(17)20(26)24-19)25(14)21(27)23-16-7-5-6-8-18(16)28-4-2/h5-8,13-14H,3-4,9-12H2,1-2H3,(H,23,27)(H,22,24,26)/t13-,14+/m1/s1. The van der Waals surface area contributed by atoms with Gasteiger partial charge >= 0.3 is 6.03 Å². The molecule has 2 bridgehead atoms. The third-order valence-electron chi connectivity index (χ3n) is 5.64. The normalized spacial score (nSPS) is 20.4. The third kappa shape index (κ3) is 3.37. The van der Waals surface area contributed by atoms with Crippen LogP contribution in [0.3, 0.4) is 0 Å². The summed E-state index contributed by atoms with van der Waals surface area (Å²) >= 11 is 0. The Balaban J connectivity index is 1.59. The Hall–Kier alpha value is -2.83. The molecule has 1 fully saturated rings. The molecule has 1 saturated heterocycles. The average molecular weight is 382 g/mol. The van der Waals surface area contributed by atoms with Gasteiger partial charge in [-0.15, -0.1) is 0 Å². The Bertz CT molecular complexity index is 939. The van der Waals surface area contributed by atoms with Crippen LogP contribution in [-0.4, -0.2) is 39.6 Å². The highest BCUT2D eigenvalue weighted by molar-refractivity contribution is 5.91. The summed E-state index contributed by atoms with van der Waals surface area (Å²) in [5.74, 6) is 1.37. The van der Waals surface area contributed by atoms with Crippen molar-refractivity contribution in [3.8, 4) is 5.75 Å². The third-order valence-corrected chi connectivity index (χ3v) is 5.64. The Morgan fingerprint density at radius 1 is 1.25 bits per heavy atom. The minimum atomic E-state index is -0.139. The molecule has 2 N–H and O–H groups in total. The van der Waals surface area contributed by atoms with Crippen molar-refractivity contribution >= 4 is 11.7 Å². The van der Waals surface area contributed by atoms with E-state index in [4.69, 9.17) is 4.74 Å². The quantitative estimate of drug-likeness (QED) is 0.851. The maximum Gasteiger partial charge on any atom is 0.322 e. The lowest BCUT2D eigenvalue weighted by molar-refractivity contribution is 0.187. The number of amides is 2. The van der Waals surface area contributed by atoms with Gasteiger partial charge in [-0.2, -0.15) is 0 Å². The number of fused-ring (bicyclic) bond motifs is 3. The summed E-state index contributed by atoms with van der Waals surface area (Å²) in [4.78, 5) is 35.1. The van der Waals surface area contributed by atoms with Gasteiger partial charge in [0.15, 0.2) is 0 Å². The number of carbonyl (C=O) groups is 1. The van der Waals surface area contributed by atoms with Crippen molar-refractivity contribution in [1.82, 2.24) is 14.9 Å². The fraction of sp³-hybridized carbons (Fsp3) is 0.476. The fourth-order valence-corrected chi connectivity index (χ4v) is 4.33. The maximum atomic E-state index is 13.1. The van der Waals surface area contributed by atoms with Gasteiger partial charge in [-0.05, 0) is 31.9 Å². The second-order valence-corrected chi connectivity index (χ2v) is 7.35. The highest BCUT2D eigenvalue weighted by atomic mass is 16.5. The molecule has 0 saturated carbocycles. The van der Waals surface area contributed by atoms with Crippen LogP contribution in [0.1, 0.15) is 43.8 Å². The number of H-pyrrole nitrogens is 1. The van der Waals surface area contributed by atoms with Crippen LogP contribution in [0.4, 0.5) is 10.5 Å². The maximum absolute atomic E-state index is 13.1. The Kier molecular flexibility index (Phi) is 5.07. The number of ether oxygens (including phenoxy) is 1. The van der Waals surface area contributed by atoms with E-state index in [-0.39, 0.29) is 23.7 Å². The van der Waals surface area contributed by atoms with E-state index in [1.165, 1.54) is 0 Å². The number of nitrogens with zero attached hydrogens (tertiary/aromatic N) is 2. The van der Waals surface area contributed by atoms with Crippen LogP contribution in [0.5, 0.6) is 5.75 Å². The van der Waals surface area contributed by atoms with Crippen molar-refractivity contribution in [2.75, 3.05) is 11.9 Å². The summed E-state index contributed by atoms with van der Waals surface area (Å²) < 4.78 is 5.62. The Morgan fingerprint density at radius 2 is 2.00 bits per heavy atom. The predicted octanol–water partition coefficient (Wildman–Crippen LogP) is 2.89. The molecule has 28 heavy (non-hydrogen) atoms. The molecule has 7 nitrogen and oxygen atoms in total. The van der Waals surface area contributed by atoms with E-state index in [2.05, 4.69) is 15.3 Å². The molecule has 2 aromatic rings. The van der Waals surface area contributed by atoms with Gasteiger partial charge in [0.25, 0.3) is 5.56 Å². The van der Waals surface area contributed by atoms with Gasteiger partial charge in [0.05, 0.1) is 18.0 Å². The van der Waals surface area contributed by atoms with Crippen LogP contribution >= 0.6 is 0 Å². The Labute approximate surface area is 164 Å². The van der Waals surface area contributed by atoms with Crippen molar-refractivity contribution in [3.63, 3.8) is 0 Å². The molecule has 2 aliphatic rings. The molecule has 4 rings (SSSR count). The van der Waals surface area contributed by atoms with Crippen molar-refractivity contribution < 1.29 is 9.53 Å². The topological polar surface area (TPSA) is 87.3 Å². The van der Waals surface area contributed by atoms with E-state index >= 15 is 0 Å². The first-order valence-corrected chi connectivity index (χ1v) is 10.0. The molecule has 0 spiro atoms. The van der Waals surface area contributed by atoms with Gasteiger partial charge in [-0.3, -0.25) is 4.79 Å². The number of aromatic nitrogens is 2. The first kappa shape index (κ1) is 18.5. The lowest BCUT2D eigenvalue weighted by atomic mass is 9.98. The Morgan fingerprint density at radius 3 is 2.75 bits per heavy atom. The molecule has 2 amide bonds. The number of nitrogens with one attached hydrogen (secondary N) is 2. The van der Waals surface area contributed by atoms with Crippen molar-refractivity contribution in [3.05, 3.63) is 51.7 Å². The number of hydrogen-bond acceptors (Lipinski definition) is 4. The van der Waals surface area contributed by atoms with E-state index < -0.39 is 0 Å². The summed E-state index contributed by atoms with van der Waals surface area (Å²) in [6.45, 7) is 4.42. The minimum absolute atomic E-state index is 0.0147. The molecule has 0 radical (unpaired) electrons. The van der Waals surface area contributed by atoms with E-state index in [0.717, 1.165) is 24.1 Å². The number of aromatic amines is 1. The molecule has 0 aliphatic carbocycles. The minimum Gasteiger partial charge on any atom is -0.492 e. The summed E-state index contributed by atoms with van der Waals surface area (Å²) in [6.07, 6.45) is 3.71. The van der Waals surface area contributed by atoms with Crippen LogP contribution in [0.2, 0.25) is 0 Å². The van der Waals surface area contributed by atoms with Crippen molar-refractivity contribution in [1.29, 1.82) is 0 Å². The number of aryl methyl sites for hydroxylation is 1. The molecular formula is C21H26N4O3. The largest absolute Gasteiger partial charge is 0.492 e. The number of carbonyl (C=O) groups excluding carboxylic acids is 1. The van der Waals surface area contributed by atoms with Crippen molar-refractivity contribution in [2.45, 2.75) is 58.0 Å². The zero-order chi connectivity index (χ0) is 19.7. The number of rotatable bonds is 4. The number of urea groups is 1. The first-order chi connectivity index (χ1) is 13.6. The number of anilines is 1. The van der Waals surface area contributed by atoms with Gasteiger partial charge in [0.1, 0.15) is 11.6 Å². The molecule has 7 heteroatoms. The summed E-state index contributed by atoms with van der Waals surface area (Å²) in [5.41, 5.74) is 2.19. The van der Waals surface area contributed by atoms with Gasteiger partial charge in [0, 0.05) is 36.9 Å². The second kappa shape index (κ2) is 7.66. The SMILES string of the molecule is CCOc1ccccc1NC(=O)N1[C@@H]2CC[C@H]1Cc1nc(CC)[nH]c(=O)c1C2. The fourth-order valence-electron chi connectivity index (χ4n) is 4.33. The molecule has 3 heterocycles. The van der Waals surface area contributed by atoms with Crippen molar-refractivity contribution in [2.24, 2.45) is 0 Å². The number of hydrogen-bond donors (Lipinski definition) is 2. The smallest absolute Gasteiger partial charge is 0.322 e. The van der Waals surface area contributed by atoms with Crippen LogP contribution < -0.4 is 15.6 Å². The monoisotopic (exact) mass is 382 g/mol. The number of benzene rings is 1. The van der Waals surface area contributed by atoms with Crippen LogP contribution in [0.25, 0.3) is 0 Å². The number of para-hydroxylation sites is 2. The average Bonchev–Trinajstić information content (AvgIpc) is 2.98. The van der Waals surface area contributed by atoms with E-state index in [1.54, 1.807) is 0 Å². The lowest BCUT2D eigenvalue weighted by Crippen LogP contribution is -2.44. The molecule has 2 atom stereocenters. The summed E-state index contributed by atoms with van der Waals surface area (Å²) in [5, 5.41) is 3.01. The summed E-state index contributed by atoms with van der Waals surface area (Å²) in [7, 11) is 0. The van der Waals surface area contributed by atoms with Gasteiger partial charge in [-0.1, -0.05) is 19.1 Å². The molecule has 148 valence electrons. The molecule has 1 aromatic heterocycles. The van der Waals surface area contributed by atoms with E-state index in [9.17, 15) is 9.59 Å². The van der Waals surface area contributed by atoms with Gasteiger partial charge < -0.3 is 19.9 Å². The van der Waals surface area contributed by atoms with Gasteiger partial charge in [-0.25, -0.2) is 9.78 Å². The second-order valence-electron chi connectivity index (χ2n) is 7.35. The molecule has 1 aromatic carbocycles. The highest BCUT2D eigenvalue weighted by Gasteiger charge is 2.41. The zero-order valence-electron chi connectivity index (χ0n) is 16.3. The van der Waals surface area contributed by atoms with E-state index in [0.29, 0.717) is 43.1 Å². The zero-order valence-corrected chi connectivity index (χ0v) is 16.3. The predicted molar refractivity (Wildman–Crippen MR) is 107 cm³/mol. The lowest BCUT2D eigenvalue weighted by Gasteiger charge is -2.28. The first-order valence-electron chi connectivity index (χ1n) is 10.0. The highest BCUT2D eigenvalue weighted by Crippen LogP contribution is 2.34. The van der Waals surface area contributed by atoms with Crippen LogP contribution in [0, 0.1) is 0 Å². The molecule has 0 unspecified atom stereocenters. The van der Waals surface area contributed by atoms with E-state index in [1.807, 2.05) is 43.0 Å². The molecular weight excluding hydrogens is 356 g/mol.